The molecule has 1 saturated heterocycles. The molecule has 3 aromatic rings. The summed E-state index contributed by atoms with van der Waals surface area (Å²) in [5.41, 5.74) is 2.51. The zero-order valence-electron chi connectivity index (χ0n) is 17.4. The van der Waals surface area contributed by atoms with Crippen LogP contribution in [0.4, 0.5) is 18.9 Å². The molecule has 1 saturated carbocycles. The predicted molar refractivity (Wildman–Crippen MR) is 120 cm³/mol. The number of rotatable bonds is 8. The Morgan fingerprint density at radius 3 is 2.94 bits per heavy atom. The Balaban J connectivity index is 1.51. The predicted octanol–water partition coefficient (Wildman–Crippen LogP) is 4.23. The van der Waals surface area contributed by atoms with Crippen molar-refractivity contribution in [2.24, 2.45) is 0 Å². The average molecular weight is 485 g/mol. The monoisotopic (exact) mass is 484 g/mol. The van der Waals surface area contributed by atoms with Crippen molar-refractivity contribution < 1.29 is 17.4 Å². The third-order valence-electron chi connectivity index (χ3n) is 5.77. The molecule has 7 nitrogen and oxygen atoms in total. The number of alkyl halides is 3. The van der Waals surface area contributed by atoms with E-state index in [0.29, 0.717) is 36.1 Å². The average Bonchev–Trinajstić information content (AvgIpc) is 3.18. The maximum Gasteiger partial charge on any atom is 0.291 e. The fourth-order valence-electron chi connectivity index (χ4n) is 3.68. The zero-order valence-corrected chi connectivity index (χ0v) is 19.0. The van der Waals surface area contributed by atoms with E-state index >= 15 is 0 Å². The first-order chi connectivity index (χ1) is 15.5. The number of piperazine rings is 1. The van der Waals surface area contributed by atoms with E-state index in [9.17, 15) is 13.2 Å². The summed E-state index contributed by atoms with van der Waals surface area (Å²) in [6, 6.07) is 5.45. The molecule has 12 heteroatoms. The molecule has 4 heterocycles. The van der Waals surface area contributed by atoms with Crippen LogP contribution in [0, 0.1) is 0 Å². The smallest absolute Gasteiger partial charge is 0.291 e. The molecule has 1 atom stereocenters. The van der Waals surface area contributed by atoms with E-state index in [1.54, 1.807) is 0 Å². The topological polar surface area (TPSA) is 66.7 Å². The molecule has 172 valence electrons. The lowest BCUT2D eigenvalue weighted by molar-refractivity contribution is 0.150. The van der Waals surface area contributed by atoms with Gasteiger partial charge in [-0.3, -0.25) is 0 Å². The molecule has 0 radical (unpaired) electrons. The van der Waals surface area contributed by atoms with Crippen molar-refractivity contribution in [1.29, 1.82) is 0 Å². The van der Waals surface area contributed by atoms with Crippen LogP contribution in [0.25, 0.3) is 16.2 Å². The van der Waals surface area contributed by atoms with Crippen molar-refractivity contribution in [3.8, 4) is 16.5 Å². The van der Waals surface area contributed by atoms with Gasteiger partial charge >= 0.3 is 0 Å². The van der Waals surface area contributed by atoms with Gasteiger partial charge < -0.3 is 18.8 Å². The Hall–Kier alpha value is -2.02. The van der Waals surface area contributed by atoms with Crippen LogP contribution in [-0.4, -0.2) is 52.5 Å². The number of pyridine rings is 1. The van der Waals surface area contributed by atoms with Crippen molar-refractivity contribution in [2.45, 2.75) is 37.8 Å². The number of aromatic nitrogens is 3. The van der Waals surface area contributed by atoms with Gasteiger partial charge in [0.05, 0.1) is 29.1 Å². The van der Waals surface area contributed by atoms with E-state index in [4.69, 9.17) is 4.18 Å². The Labute approximate surface area is 191 Å². The van der Waals surface area contributed by atoms with Crippen LogP contribution in [0.1, 0.15) is 31.2 Å². The molecule has 0 spiro atoms. The highest BCUT2D eigenvalue weighted by Gasteiger charge is 2.37. The Morgan fingerprint density at radius 2 is 2.22 bits per heavy atom. The van der Waals surface area contributed by atoms with Crippen LogP contribution in [0.3, 0.4) is 0 Å². The SMILES string of the molecule is CC1(NSOc2cc(N3CCNC(CF)C3)c3ccc(-c4nnc(C(F)F)s4)n3c2)CC1. The fraction of sp³-hybridized carbons (Fsp3) is 0.500. The highest BCUT2D eigenvalue weighted by atomic mass is 32.2. The number of nitrogens with zero attached hydrogens (tertiary/aromatic N) is 4. The van der Waals surface area contributed by atoms with Crippen molar-refractivity contribution in [3.63, 3.8) is 0 Å². The lowest BCUT2D eigenvalue weighted by Crippen LogP contribution is -2.51. The van der Waals surface area contributed by atoms with Crippen molar-refractivity contribution >= 4 is 34.8 Å². The summed E-state index contributed by atoms with van der Waals surface area (Å²) in [7, 11) is 0. The van der Waals surface area contributed by atoms with E-state index in [2.05, 4.69) is 32.1 Å². The van der Waals surface area contributed by atoms with Crippen LogP contribution >= 0.6 is 23.6 Å². The van der Waals surface area contributed by atoms with Crippen molar-refractivity contribution in [1.82, 2.24) is 24.6 Å². The molecule has 0 aromatic carbocycles. The molecule has 3 aromatic heterocycles. The minimum Gasteiger partial charge on any atom is -0.408 e. The summed E-state index contributed by atoms with van der Waals surface area (Å²) in [5, 5.41) is 10.9. The first-order valence-corrected chi connectivity index (χ1v) is 11.9. The van der Waals surface area contributed by atoms with Gasteiger partial charge in [-0.05, 0) is 31.9 Å². The largest absolute Gasteiger partial charge is 0.408 e. The summed E-state index contributed by atoms with van der Waals surface area (Å²) in [5.74, 6) is 0.598. The first-order valence-electron chi connectivity index (χ1n) is 10.4. The van der Waals surface area contributed by atoms with E-state index < -0.39 is 13.1 Å². The minimum atomic E-state index is -2.66. The number of hydrogen-bond donors (Lipinski definition) is 2. The lowest BCUT2D eigenvalue weighted by atomic mass is 10.2. The minimum absolute atomic E-state index is 0.0985. The molecular formula is C20H23F3N6OS2. The van der Waals surface area contributed by atoms with Gasteiger partial charge in [0.25, 0.3) is 6.43 Å². The first kappa shape index (κ1) is 21.8. The van der Waals surface area contributed by atoms with Gasteiger partial charge in [0.2, 0.25) is 0 Å². The molecule has 2 aliphatic rings. The maximum atomic E-state index is 13.3. The Bertz CT molecular complexity index is 1100. The van der Waals surface area contributed by atoms with Crippen molar-refractivity contribution in [3.05, 3.63) is 29.4 Å². The Morgan fingerprint density at radius 1 is 1.38 bits per heavy atom. The summed E-state index contributed by atoms with van der Waals surface area (Å²) in [4.78, 5) is 2.12. The van der Waals surface area contributed by atoms with Gasteiger partial charge in [-0.2, -0.15) is 0 Å². The van der Waals surface area contributed by atoms with Crippen LogP contribution in [-0.2, 0) is 0 Å². The maximum absolute atomic E-state index is 13.3. The van der Waals surface area contributed by atoms with Crippen molar-refractivity contribution in [2.75, 3.05) is 31.2 Å². The number of nitrogens with one attached hydrogen (secondary N) is 2. The van der Waals surface area contributed by atoms with Gasteiger partial charge in [0, 0.05) is 31.2 Å². The second-order valence-electron chi connectivity index (χ2n) is 8.36. The molecule has 1 aliphatic carbocycles. The molecule has 0 amide bonds. The van der Waals surface area contributed by atoms with E-state index in [-0.39, 0.29) is 16.6 Å². The van der Waals surface area contributed by atoms with Crippen LogP contribution < -0.4 is 19.1 Å². The van der Waals surface area contributed by atoms with E-state index in [1.165, 1.54) is 12.2 Å². The highest BCUT2D eigenvalue weighted by molar-refractivity contribution is 7.93. The molecule has 32 heavy (non-hydrogen) atoms. The fourth-order valence-corrected chi connectivity index (χ4v) is 5.03. The molecular weight excluding hydrogens is 461 g/mol. The second-order valence-corrected chi connectivity index (χ2v) is 9.91. The number of anilines is 1. The zero-order chi connectivity index (χ0) is 22.3. The molecule has 5 rings (SSSR count). The highest BCUT2D eigenvalue weighted by Crippen LogP contribution is 2.38. The standard InChI is InChI=1S/C20H23F3N6OS2/c1-20(4-5-20)27-32-30-13-8-16(28-7-6-24-12(9-21)10-28)14-2-3-15(29(14)11-13)18-25-26-19(31-18)17(22)23/h2-3,8,11-12,17,24,27H,4-7,9-10H2,1H3. The third-order valence-corrected chi connectivity index (χ3v) is 7.58. The normalized spacial score (nSPS) is 20.3. The molecule has 1 unspecified atom stereocenters. The summed E-state index contributed by atoms with van der Waals surface area (Å²) < 4.78 is 50.5. The summed E-state index contributed by atoms with van der Waals surface area (Å²) in [6.45, 7) is 3.59. The Kier molecular flexibility index (Phi) is 5.95. The molecule has 2 N–H and O–H groups in total. The van der Waals surface area contributed by atoms with E-state index in [0.717, 1.165) is 35.4 Å². The quantitative estimate of drug-likeness (QED) is 0.366. The number of fused-ring (bicyclic) bond motifs is 1. The van der Waals surface area contributed by atoms with Gasteiger partial charge in [0.1, 0.15) is 18.9 Å². The summed E-state index contributed by atoms with van der Waals surface area (Å²) in [6.07, 6.45) is 1.36. The van der Waals surface area contributed by atoms with Gasteiger partial charge in [-0.1, -0.05) is 11.3 Å². The third kappa shape index (κ3) is 4.41. The number of halogens is 3. The lowest BCUT2D eigenvalue weighted by Gasteiger charge is -2.34. The van der Waals surface area contributed by atoms with E-state index in [1.807, 2.05) is 28.8 Å². The molecule has 1 aliphatic heterocycles. The van der Waals surface area contributed by atoms with Gasteiger partial charge in [0.15, 0.2) is 15.8 Å². The number of hydrogen-bond acceptors (Lipinski definition) is 8. The second kappa shape index (κ2) is 8.73. The van der Waals surface area contributed by atoms with Gasteiger partial charge in [-0.25, -0.2) is 17.9 Å². The van der Waals surface area contributed by atoms with Gasteiger partial charge in [-0.15, -0.1) is 10.2 Å². The van der Waals surface area contributed by atoms with Crippen LogP contribution in [0.15, 0.2) is 24.4 Å². The summed E-state index contributed by atoms with van der Waals surface area (Å²) >= 11 is 2.05. The molecule has 0 bridgehead atoms. The van der Waals surface area contributed by atoms with Crippen LogP contribution in [0.2, 0.25) is 0 Å². The van der Waals surface area contributed by atoms with Crippen LogP contribution in [0.5, 0.6) is 5.75 Å². The molecule has 2 fully saturated rings.